The lowest BCUT2D eigenvalue weighted by atomic mass is 10.1. The van der Waals surface area contributed by atoms with E-state index in [1.54, 1.807) is 6.20 Å². The number of nitrogens with one attached hydrogen (secondary N) is 1. The van der Waals surface area contributed by atoms with Crippen molar-refractivity contribution in [3.05, 3.63) is 52.2 Å². The van der Waals surface area contributed by atoms with Crippen LogP contribution in [0, 0.1) is 13.8 Å². The molecule has 2 rings (SSSR count). The van der Waals surface area contributed by atoms with Crippen molar-refractivity contribution in [3.63, 3.8) is 0 Å². The van der Waals surface area contributed by atoms with Crippen molar-refractivity contribution < 1.29 is 4.74 Å². The topological polar surface area (TPSA) is 34.2 Å². The third-order valence-corrected chi connectivity index (χ3v) is 3.62. The predicted molar refractivity (Wildman–Crippen MR) is 87.3 cm³/mol. The van der Waals surface area contributed by atoms with Crippen LogP contribution in [0.5, 0.6) is 11.6 Å². The van der Waals surface area contributed by atoms with E-state index in [-0.39, 0.29) is 6.04 Å². The first-order chi connectivity index (χ1) is 10.0. The first-order valence-electron chi connectivity index (χ1n) is 7.15. The molecule has 21 heavy (non-hydrogen) atoms. The van der Waals surface area contributed by atoms with E-state index in [2.05, 4.69) is 24.1 Å². The molecule has 0 spiro atoms. The molecule has 1 aromatic heterocycles. The summed E-state index contributed by atoms with van der Waals surface area (Å²) in [6.45, 7) is 9.07. The summed E-state index contributed by atoms with van der Waals surface area (Å²) < 4.78 is 6.08. The van der Waals surface area contributed by atoms with E-state index in [0.29, 0.717) is 5.88 Å². The Labute approximate surface area is 131 Å². The van der Waals surface area contributed by atoms with Crippen LogP contribution in [0.2, 0.25) is 5.02 Å². The zero-order chi connectivity index (χ0) is 15.4. The van der Waals surface area contributed by atoms with E-state index in [4.69, 9.17) is 16.3 Å². The first kappa shape index (κ1) is 15.8. The monoisotopic (exact) mass is 304 g/mol. The van der Waals surface area contributed by atoms with E-state index in [1.807, 2.05) is 38.1 Å². The molecule has 1 aromatic carbocycles. The van der Waals surface area contributed by atoms with Crippen molar-refractivity contribution in [2.24, 2.45) is 0 Å². The third kappa shape index (κ3) is 3.74. The summed E-state index contributed by atoms with van der Waals surface area (Å²) in [5, 5.41) is 4.11. The Kier molecular flexibility index (Phi) is 5.21. The van der Waals surface area contributed by atoms with Gasteiger partial charge >= 0.3 is 0 Å². The minimum absolute atomic E-state index is 0.187. The zero-order valence-corrected chi connectivity index (χ0v) is 13.7. The number of nitrogens with zero attached hydrogens (tertiary/aromatic N) is 1. The molecule has 0 fully saturated rings. The summed E-state index contributed by atoms with van der Waals surface area (Å²) in [6.07, 6.45) is 1.75. The molecule has 1 atom stereocenters. The van der Waals surface area contributed by atoms with Crippen LogP contribution < -0.4 is 10.1 Å². The Morgan fingerprint density at radius 2 is 1.95 bits per heavy atom. The smallest absolute Gasteiger partial charge is 0.224 e. The van der Waals surface area contributed by atoms with Crippen LogP contribution >= 0.6 is 11.6 Å². The lowest BCUT2D eigenvalue weighted by molar-refractivity contribution is 0.438. The highest BCUT2D eigenvalue weighted by atomic mass is 35.5. The fraction of sp³-hybridized carbons (Fsp3) is 0.353. The molecule has 0 saturated carbocycles. The second-order valence-corrected chi connectivity index (χ2v) is 5.58. The van der Waals surface area contributed by atoms with Gasteiger partial charge in [0.25, 0.3) is 0 Å². The molecule has 1 heterocycles. The van der Waals surface area contributed by atoms with Crippen molar-refractivity contribution in [1.29, 1.82) is 0 Å². The number of hydrogen-bond donors (Lipinski definition) is 1. The number of rotatable bonds is 5. The van der Waals surface area contributed by atoms with Gasteiger partial charge in [-0.05, 0) is 56.6 Å². The molecule has 0 aliphatic heterocycles. The highest BCUT2D eigenvalue weighted by Crippen LogP contribution is 2.33. The lowest BCUT2D eigenvalue weighted by Gasteiger charge is -2.18. The van der Waals surface area contributed by atoms with Gasteiger partial charge in [-0.15, -0.1) is 0 Å². The summed E-state index contributed by atoms with van der Waals surface area (Å²) in [5.74, 6) is 1.46. The molecular weight excluding hydrogens is 284 g/mol. The fourth-order valence-corrected chi connectivity index (χ4v) is 2.72. The lowest BCUT2D eigenvalue weighted by Crippen LogP contribution is -2.18. The van der Waals surface area contributed by atoms with Crippen molar-refractivity contribution in [2.45, 2.75) is 33.7 Å². The van der Waals surface area contributed by atoms with Gasteiger partial charge in [-0.1, -0.05) is 24.6 Å². The Morgan fingerprint density at radius 1 is 1.29 bits per heavy atom. The maximum atomic E-state index is 6.08. The second-order valence-electron chi connectivity index (χ2n) is 5.15. The first-order valence-corrected chi connectivity index (χ1v) is 7.53. The molecule has 0 aliphatic carbocycles. The van der Waals surface area contributed by atoms with Gasteiger partial charge in [-0.2, -0.15) is 0 Å². The maximum Gasteiger partial charge on any atom is 0.224 e. The largest absolute Gasteiger partial charge is 0.438 e. The van der Waals surface area contributed by atoms with Gasteiger partial charge in [0.05, 0.1) is 0 Å². The molecule has 0 aliphatic rings. The number of hydrogen-bond acceptors (Lipinski definition) is 3. The molecule has 1 unspecified atom stereocenters. The standard InChI is InChI=1S/C17H21ClN2O/c1-5-19-13(4)15-7-6-8-20-17(15)21-16-11(2)9-14(18)10-12(16)3/h6-10,13,19H,5H2,1-4H3. The number of aromatic nitrogens is 1. The van der Waals surface area contributed by atoms with E-state index in [9.17, 15) is 0 Å². The Balaban J connectivity index is 2.36. The van der Waals surface area contributed by atoms with E-state index >= 15 is 0 Å². The average Bonchev–Trinajstić information content (AvgIpc) is 2.43. The molecule has 0 amide bonds. The summed E-state index contributed by atoms with van der Waals surface area (Å²) >= 11 is 6.07. The Morgan fingerprint density at radius 3 is 2.57 bits per heavy atom. The summed E-state index contributed by atoms with van der Waals surface area (Å²) in [6, 6.07) is 7.96. The van der Waals surface area contributed by atoms with Crippen LogP contribution in [-0.2, 0) is 0 Å². The van der Waals surface area contributed by atoms with Gasteiger partial charge in [-0.3, -0.25) is 0 Å². The molecule has 2 aromatic rings. The minimum atomic E-state index is 0.187. The van der Waals surface area contributed by atoms with Gasteiger partial charge < -0.3 is 10.1 Å². The molecule has 0 radical (unpaired) electrons. The molecule has 1 N–H and O–H groups in total. The molecule has 0 bridgehead atoms. The van der Waals surface area contributed by atoms with Crippen LogP contribution in [0.1, 0.15) is 36.6 Å². The number of ether oxygens (including phenoxy) is 1. The Bertz CT molecular complexity index is 605. The van der Waals surface area contributed by atoms with Crippen LogP contribution in [0.4, 0.5) is 0 Å². The summed E-state index contributed by atoms with van der Waals surface area (Å²) in [4.78, 5) is 4.39. The van der Waals surface area contributed by atoms with Crippen molar-refractivity contribution in [3.8, 4) is 11.6 Å². The molecule has 112 valence electrons. The molecule has 3 nitrogen and oxygen atoms in total. The molecule has 4 heteroatoms. The van der Waals surface area contributed by atoms with E-state index in [0.717, 1.165) is 34.0 Å². The zero-order valence-electron chi connectivity index (χ0n) is 12.9. The van der Waals surface area contributed by atoms with Crippen LogP contribution in [0.3, 0.4) is 0 Å². The molecule has 0 saturated heterocycles. The van der Waals surface area contributed by atoms with Crippen molar-refractivity contribution in [2.75, 3.05) is 6.54 Å². The van der Waals surface area contributed by atoms with Crippen LogP contribution in [-0.4, -0.2) is 11.5 Å². The SMILES string of the molecule is CCNC(C)c1cccnc1Oc1c(C)cc(Cl)cc1C. The van der Waals surface area contributed by atoms with Gasteiger partial charge in [0.1, 0.15) is 5.75 Å². The molecular formula is C17H21ClN2O. The van der Waals surface area contributed by atoms with Crippen LogP contribution in [0.15, 0.2) is 30.5 Å². The highest BCUT2D eigenvalue weighted by molar-refractivity contribution is 6.30. The number of aryl methyl sites for hydroxylation is 2. The number of pyridine rings is 1. The number of benzene rings is 1. The minimum Gasteiger partial charge on any atom is -0.438 e. The maximum absolute atomic E-state index is 6.08. The van der Waals surface area contributed by atoms with E-state index < -0.39 is 0 Å². The fourth-order valence-electron chi connectivity index (χ4n) is 2.39. The Hall–Kier alpha value is -1.58. The van der Waals surface area contributed by atoms with E-state index in [1.165, 1.54) is 0 Å². The third-order valence-electron chi connectivity index (χ3n) is 3.40. The van der Waals surface area contributed by atoms with Crippen molar-refractivity contribution >= 4 is 11.6 Å². The second kappa shape index (κ2) is 6.92. The summed E-state index contributed by atoms with van der Waals surface area (Å²) in [5.41, 5.74) is 3.06. The highest BCUT2D eigenvalue weighted by Gasteiger charge is 2.14. The average molecular weight is 305 g/mol. The number of halogens is 1. The van der Waals surface area contributed by atoms with Crippen LogP contribution in [0.25, 0.3) is 0 Å². The van der Waals surface area contributed by atoms with Gasteiger partial charge in [0, 0.05) is 22.8 Å². The predicted octanol–water partition coefficient (Wildman–Crippen LogP) is 4.81. The quantitative estimate of drug-likeness (QED) is 0.860. The van der Waals surface area contributed by atoms with Crippen molar-refractivity contribution in [1.82, 2.24) is 10.3 Å². The van der Waals surface area contributed by atoms with Gasteiger partial charge in [0.2, 0.25) is 5.88 Å². The van der Waals surface area contributed by atoms with Gasteiger partial charge in [0.15, 0.2) is 0 Å². The summed E-state index contributed by atoms with van der Waals surface area (Å²) in [7, 11) is 0. The normalized spacial score (nSPS) is 12.2. The van der Waals surface area contributed by atoms with Gasteiger partial charge in [-0.25, -0.2) is 4.98 Å².